The first-order chi connectivity index (χ1) is 7.11. The summed E-state index contributed by atoms with van der Waals surface area (Å²) in [5, 5.41) is 0. The molecule has 1 rings (SSSR count). The molecule has 0 atom stereocenters. The minimum atomic E-state index is -0.473. The minimum Gasteiger partial charge on any atom is -0.465 e. The number of rotatable bonds is 3. The summed E-state index contributed by atoms with van der Waals surface area (Å²) in [7, 11) is 1.29. The monoisotopic (exact) mass is 211 g/mol. The molecule has 5 heteroatoms. The quantitative estimate of drug-likeness (QED) is 0.765. The van der Waals surface area contributed by atoms with Crippen LogP contribution in [0.5, 0.6) is 0 Å². The van der Waals surface area contributed by atoms with Crippen molar-refractivity contribution >= 4 is 11.9 Å². The van der Waals surface area contributed by atoms with Gasteiger partial charge in [0.05, 0.1) is 19.3 Å². The normalized spacial score (nSPS) is 9.80. The van der Waals surface area contributed by atoms with Gasteiger partial charge in [-0.1, -0.05) is 0 Å². The van der Waals surface area contributed by atoms with Gasteiger partial charge in [-0.2, -0.15) is 0 Å². The third kappa shape index (κ3) is 2.18. The number of aromatic amines is 1. The lowest BCUT2D eigenvalue weighted by molar-refractivity contribution is 0.0519. The van der Waals surface area contributed by atoms with E-state index >= 15 is 0 Å². The number of carbonyl (C=O) groups is 2. The number of methoxy groups -OCH3 is 1. The summed E-state index contributed by atoms with van der Waals surface area (Å²) in [4.78, 5) is 25.3. The van der Waals surface area contributed by atoms with E-state index in [4.69, 9.17) is 4.74 Å². The van der Waals surface area contributed by atoms with Crippen molar-refractivity contribution in [3.8, 4) is 0 Å². The number of esters is 2. The molecule has 0 aliphatic heterocycles. The molecule has 1 N–H and O–H groups in total. The van der Waals surface area contributed by atoms with Gasteiger partial charge in [0.1, 0.15) is 5.69 Å². The van der Waals surface area contributed by atoms with E-state index in [0.29, 0.717) is 17.7 Å². The molecule has 0 bridgehead atoms. The summed E-state index contributed by atoms with van der Waals surface area (Å²) in [6, 6.07) is 0. The standard InChI is InChI=1S/C10H13NO4/c1-4-15-10(13)8-6(2)7(5-11-8)9(12)14-3/h5,11H,4H2,1-3H3. The Kier molecular flexibility index (Phi) is 3.49. The number of hydrogen-bond acceptors (Lipinski definition) is 4. The Balaban J connectivity index is 2.98. The fourth-order valence-corrected chi connectivity index (χ4v) is 1.23. The molecule has 0 unspecified atom stereocenters. The first-order valence-electron chi connectivity index (χ1n) is 4.55. The van der Waals surface area contributed by atoms with Crippen LogP contribution in [0.3, 0.4) is 0 Å². The number of H-pyrrole nitrogens is 1. The summed E-state index contributed by atoms with van der Waals surface area (Å²) in [6.07, 6.45) is 1.44. The van der Waals surface area contributed by atoms with Crippen LogP contribution >= 0.6 is 0 Å². The van der Waals surface area contributed by atoms with Crippen LogP contribution in [0.25, 0.3) is 0 Å². The molecule has 0 amide bonds. The second kappa shape index (κ2) is 4.63. The van der Waals surface area contributed by atoms with E-state index in [1.165, 1.54) is 13.3 Å². The molecule has 0 saturated heterocycles. The van der Waals surface area contributed by atoms with Crippen LogP contribution < -0.4 is 0 Å². The molecule has 0 spiro atoms. The fourth-order valence-electron chi connectivity index (χ4n) is 1.23. The second-order valence-electron chi connectivity index (χ2n) is 2.91. The van der Waals surface area contributed by atoms with Gasteiger partial charge in [0.15, 0.2) is 0 Å². The van der Waals surface area contributed by atoms with E-state index in [9.17, 15) is 9.59 Å². The van der Waals surface area contributed by atoms with Crippen LogP contribution in [0.15, 0.2) is 6.20 Å². The van der Waals surface area contributed by atoms with Gasteiger partial charge in [0, 0.05) is 6.20 Å². The molecule has 0 aliphatic rings. The van der Waals surface area contributed by atoms with Crippen molar-refractivity contribution in [2.24, 2.45) is 0 Å². The molecule has 0 fully saturated rings. The summed E-state index contributed by atoms with van der Waals surface area (Å²) in [5.41, 5.74) is 1.18. The smallest absolute Gasteiger partial charge is 0.355 e. The fraction of sp³-hybridized carbons (Fsp3) is 0.400. The number of nitrogens with one attached hydrogen (secondary N) is 1. The van der Waals surface area contributed by atoms with Crippen molar-refractivity contribution in [2.75, 3.05) is 13.7 Å². The second-order valence-corrected chi connectivity index (χ2v) is 2.91. The number of ether oxygens (including phenoxy) is 2. The van der Waals surface area contributed by atoms with Crippen molar-refractivity contribution in [1.29, 1.82) is 0 Å². The van der Waals surface area contributed by atoms with Gasteiger partial charge in [-0.05, 0) is 19.4 Å². The summed E-state index contributed by atoms with van der Waals surface area (Å²) in [5.74, 6) is -0.940. The van der Waals surface area contributed by atoms with E-state index < -0.39 is 11.9 Å². The molecular formula is C10H13NO4. The molecular weight excluding hydrogens is 198 g/mol. The topological polar surface area (TPSA) is 68.4 Å². The first-order valence-corrected chi connectivity index (χ1v) is 4.55. The number of hydrogen-bond donors (Lipinski definition) is 1. The predicted octanol–water partition coefficient (Wildman–Crippen LogP) is 1.29. The van der Waals surface area contributed by atoms with Gasteiger partial charge in [-0.15, -0.1) is 0 Å². The zero-order valence-electron chi connectivity index (χ0n) is 8.92. The number of aromatic nitrogens is 1. The summed E-state index contributed by atoms with van der Waals surface area (Å²) >= 11 is 0. The van der Waals surface area contributed by atoms with Crippen molar-refractivity contribution in [2.45, 2.75) is 13.8 Å². The highest BCUT2D eigenvalue weighted by atomic mass is 16.5. The molecule has 0 aromatic carbocycles. The molecule has 1 aromatic rings. The van der Waals surface area contributed by atoms with Crippen molar-refractivity contribution in [3.63, 3.8) is 0 Å². The summed E-state index contributed by atoms with van der Waals surface area (Å²) < 4.78 is 9.37. The molecule has 0 aliphatic carbocycles. The van der Waals surface area contributed by atoms with Gasteiger partial charge in [-0.25, -0.2) is 9.59 Å². The lowest BCUT2D eigenvalue weighted by atomic mass is 10.2. The van der Waals surface area contributed by atoms with Crippen molar-refractivity contribution < 1.29 is 19.1 Å². The van der Waals surface area contributed by atoms with E-state index in [0.717, 1.165) is 0 Å². The lowest BCUT2D eigenvalue weighted by Gasteiger charge is -2.01. The van der Waals surface area contributed by atoms with Crippen LogP contribution in [0.2, 0.25) is 0 Å². The highest BCUT2D eigenvalue weighted by molar-refractivity contribution is 5.97. The maximum Gasteiger partial charge on any atom is 0.355 e. The highest BCUT2D eigenvalue weighted by Crippen LogP contribution is 2.14. The van der Waals surface area contributed by atoms with Crippen LogP contribution in [-0.2, 0) is 9.47 Å². The van der Waals surface area contributed by atoms with E-state index in [2.05, 4.69) is 9.72 Å². The summed E-state index contributed by atoms with van der Waals surface area (Å²) in [6.45, 7) is 3.68. The first kappa shape index (κ1) is 11.3. The lowest BCUT2D eigenvalue weighted by Crippen LogP contribution is -2.08. The third-order valence-corrected chi connectivity index (χ3v) is 2.02. The Morgan fingerprint density at radius 1 is 1.40 bits per heavy atom. The van der Waals surface area contributed by atoms with Crippen molar-refractivity contribution in [1.82, 2.24) is 4.98 Å². The minimum absolute atomic E-state index is 0.289. The highest BCUT2D eigenvalue weighted by Gasteiger charge is 2.19. The average Bonchev–Trinajstić information content (AvgIpc) is 2.59. The Morgan fingerprint density at radius 3 is 2.60 bits per heavy atom. The Bertz CT molecular complexity index is 381. The van der Waals surface area contributed by atoms with Crippen LogP contribution in [-0.4, -0.2) is 30.6 Å². The van der Waals surface area contributed by atoms with Gasteiger partial charge < -0.3 is 14.5 Å². The predicted molar refractivity (Wildman–Crippen MR) is 52.8 cm³/mol. The third-order valence-electron chi connectivity index (χ3n) is 2.02. The van der Waals surface area contributed by atoms with E-state index in [1.54, 1.807) is 13.8 Å². The van der Waals surface area contributed by atoms with Gasteiger partial charge in [0.2, 0.25) is 0 Å². The van der Waals surface area contributed by atoms with E-state index in [1.807, 2.05) is 0 Å². The molecule has 0 radical (unpaired) electrons. The largest absolute Gasteiger partial charge is 0.465 e. The molecule has 1 heterocycles. The molecule has 82 valence electrons. The van der Waals surface area contributed by atoms with Crippen molar-refractivity contribution in [3.05, 3.63) is 23.0 Å². The SMILES string of the molecule is CCOC(=O)c1[nH]cc(C(=O)OC)c1C. The Labute approximate surface area is 87.4 Å². The molecule has 15 heavy (non-hydrogen) atoms. The zero-order chi connectivity index (χ0) is 11.4. The van der Waals surface area contributed by atoms with Crippen LogP contribution in [0.4, 0.5) is 0 Å². The molecule has 1 aromatic heterocycles. The number of carbonyl (C=O) groups excluding carboxylic acids is 2. The van der Waals surface area contributed by atoms with Gasteiger partial charge in [-0.3, -0.25) is 0 Å². The maximum atomic E-state index is 11.4. The average molecular weight is 211 g/mol. The van der Waals surface area contributed by atoms with Crippen LogP contribution in [0.1, 0.15) is 33.3 Å². The zero-order valence-corrected chi connectivity index (χ0v) is 8.92. The Morgan fingerprint density at radius 2 is 2.07 bits per heavy atom. The van der Waals surface area contributed by atoms with E-state index in [-0.39, 0.29) is 5.69 Å². The Hall–Kier alpha value is -1.78. The molecule has 0 saturated carbocycles. The maximum absolute atomic E-state index is 11.4. The van der Waals surface area contributed by atoms with Crippen LogP contribution in [0, 0.1) is 6.92 Å². The molecule has 5 nitrogen and oxygen atoms in total. The van der Waals surface area contributed by atoms with Gasteiger partial charge in [0.25, 0.3) is 0 Å². The van der Waals surface area contributed by atoms with Gasteiger partial charge >= 0.3 is 11.9 Å².